The Kier molecular flexibility index (Phi) is 3.52. The summed E-state index contributed by atoms with van der Waals surface area (Å²) in [7, 11) is 0. The highest BCUT2D eigenvalue weighted by Crippen LogP contribution is 2.36. The predicted molar refractivity (Wildman–Crippen MR) is 43.3 cm³/mol. The monoisotopic (exact) mass is 177 g/mol. The van der Waals surface area contributed by atoms with Gasteiger partial charge in [-0.25, -0.2) is 0 Å². The molecule has 1 saturated carbocycles. The van der Waals surface area contributed by atoms with E-state index in [1.807, 2.05) is 0 Å². The van der Waals surface area contributed by atoms with Crippen LogP contribution in [0.5, 0.6) is 0 Å². The van der Waals surface area contributed by atoms with Gasteiger partial charge in [-0.2, -0.15) is 0 Å². The fourth-order valence-electron chi connectivity index (χ4n) is 1.19. The van der Waals surface area contributed by atoms with Gasteiger partial charge >= 0.3 is 0 Å². The van der Waals surface area contributed by atoms with Gasteiger partial charge in [0.1, 0.15) is 5.78 Å². The number of carbonyl (C=O) groups is 2. The maximum atomic E-state index is 10.8. The largest absolute Gasteiger partial charge is 0.369 e. The summed E-state index contributed by atoms with van der Waals surface area (Å²) in [5, 5.41) is 0. The molecule has 0 aromatic heterocycles. The molecule has 11 heavy (non-hydrogen) atoms. The molecule has 0 bridgehead atoms. The topological polar surface area (TPSA) is 60.2 Å². The Balaban J connectivity index is 0.000001000. The first-order valence-electron chi connectivity index (χ1n) is 3.42. The van der Waals surface area contributed by atoms with Crippen LogP contribution in [0.1, 0.15) is 19.8 Å². The van der Waals surface area contributed by atoms with Crippen molar-refractivity contribution in [2.45, 2.75) is 19.8 Å². The first-order valence-corrected chi connectivity index (χ1v) is 3.42. The van der Waals surface area contributed by atoms with Crippen LogP contribution in [0.3, 0.4) is 0 Å². The number of halogens is 1. The average molecular weight is 178 g/mol. The van der Waals surface area contributed by atoms with Crippen molar-refractivity contribution in [2.75, 3.05) is 0 Å². The molecule has 1 unspecified atom stereocenters. The molecule has 1 fully saturated rings. The number of Topliss-reactive ketones (excluding diaryl/α,β-unsaturated/α-hetero) is 1. The summed E-state index contributed by atoms with van der Waals surface area (Å²) >= 11 is 0. The van der Waals surface area contributed by atoms with E-state index in [4.69, 9.17) is 5.73 Å². The minimum Gasteiger partial charge on any atom is -0.369 e. The van der Waals surface area contributed by atoms with E-state index in [1.54, 1.807) is 0 Å². The molecule has 1 aliphatic rings. The van der Waals surface area contributed by atoms with Crippen molar-refractivity contribution in [3.8, 4) is 0 Å². The van der Waals surface area contributed by atoms with Crippen LogP contribution in [0.25, 0.3) is 0 Å². The summed E-state index contributed by atoms with van der Waals surface area (Å²) in [6.45, 7) is 1.42. The van der Waals surface area contributed by atoms with E-state index in [0.29, 0.717) is 0 Å². The molecule has 3 nitrogen and oxygen atoms in total. The first kappa shape index (κ1) is 10.4. The Labute approximate surface area is 71.7 Å². The second-order valence-corrected chi connectivity index (χ2v) is 2.83. The first-order chi connectivity index (χ1) is 4.63. The van der Waals surface area contributed by atoms with E-state index >= 15 is 0 Å². The molecule has 0 aromatic rings. The number of primary amides is 1. The van der Waals surface area contributed by atoms with Crippen LogP contribution in [0.2, 0.25) is 0 Å². The molecule has 64 valence electrons. The predicted octanol–water partition coefficient (Wildman–Crippen LogP) is 0.509. The van der Waals surface area contributed by atoms with Crippen molar-refractivity contribution in [3.05, 3.63) is 0 Å². The average Bonchev–Trinajstić information content (AvgIpc) is 2.46. The third kappa shape index (κ3) is 2.50. The highest BCUT2D eigenvalue weighted by Gasteiger charge is 2.37. The Hall–Kier alpha value is -0.570. The molecule has 4 heteroatoms. The standard InChI is InChI=1S/C7H11NO2.ClH/c1-4(9)6(7(8)10)5-2-3-5;/h5-6H,2-3H2,1H3,(H2,8,10);1H. The van der Waals surface area contributed by atoms with Gasteiger partial charge in [-0.1, -0.05) is 0 Å². The molecule has 1 aliphatic carbocycles. The van der Waals surface area contributed by atoms with Gasteiger partial charge in [0.2, 0.25) is 5.91 Å². The SMILES string of the molecule is CC(=O)C(C(N)=O)C1CC1.Cl. The van der Waals surface area contributed by atoms with Crippen LogP contribution >= 0.6 is 12.4 Å². The maximum absolute atomic E-state index is 10.8. The van der Waals surface area contributed by atoms with Crippen molar-refractivity contribution in [3.63, 3.8) is 0 Å². The molecule has 0 radical (unpaired) electrons. The van der Waals surface area contributed by atoms with Gasteiger partial charge in [-0.05, 0) is 25.7 Å². The zero-order valence-electron chi connectivity index (χ0n) is 6.37. The number of rotatable bonds is 3. The van der Waals surface area contributed by atoms with E-state index in [0.717, 1.165) is 12.8 Å². The van der Waals surface area contributed by atoms with Crippen molar-refractivity contribution in [2.24, 2.45) is 17.6 Å². The molecule has 1 amide bonds. The van der Waals surface area contributed by atoms with Gasteiger partial charge in [0.05, 0.1) is 5.92 Å². The highest BCUT2D eigenvalue weighted by atomic mass is 35.5. The number of amides is 1. The highest BCUT2D eigenvalue weighted by molar-refractivity contribution is 6.00. The fourth-order valence-corrected chi connectivity index (χ4v) is 1.19. The van der Waals surface area contributed by atoms with Gasteiger partial charge in [0.15, 0.2) is 0 Å². The second kappa shape index (κ2) is 3.72. The molecular weight excluding hydrogens is 166 g/mol. The quantitative estimate of drug-likeness (QED) is 0.639. The van der Waals surface area contributed by atoms with E-state index in [9.17, 15) is 9.59 Å². The summed E-state index contributed by atoms with van der Waals surface area (Å²) in [4.78, 5) is 21.4. The summed E-state index contributed by atoms with van der Waals surface area (Å²) in [6, 6.07) is 0. The fraction of sp³-hybridized carbons (Fsp3) is 0.714. The third-order valence-corrected chi connectivity index (χ3v) is 1.84. The van der Waals surface area contributed by atoms with E-state index < -0.39 is 11.8 Å². The number of ketones is 1. The Morgan fingerprint density at radius 1 is 1.45 bits per heavy atom. The molecular formula is C7H12ClNO2. The van der Waals surface area contributed by atoms with Crippen molar-refractivity contribution in [1.82, 2.24) is 0 Å². The summed E-state index contributed by atoms with van der Waals surface area (Å²) in [6.07, 6.45) is 1.96. The maximum Gasteiger partial charge on any atom is 0.228 e. The normalized spacial score (nSPS) is 18.3. The van der Waals surface area contributed by atoms with Gasteiger partial charge < -0.3 is 5.73 Å². The zero-order valence-corrected chi connectivity index (χ0v) is 7.19. The van der Waals surface area contributed by atoms with Crippen LogP contribution in [0.4, 0.5) is 0 Å². The van der Waals surface area contributed by atoms with E-state index in [2.05, 4.69) is 0 Å². The molecule has 0 aliphatic heterocycles. The Morgan fingerprint density at radius 3 is 2.00 bits per heavy atom. The minimum absolute atomic E-state index is 0. The summed E-state index contributed by atoms with van der Waals surface area (Å²) in [5.74, 6) is -0.792. The van der Waals surface area contributed by atoms with Crippen LogP contribution in [0, 0.1) is 11.8 Å². The van der Waals surface area contributed by atoms with Gasteiger partial charge in [-0.15, -0.1) is 12.4 Å². The Bertz CT molecular complexity index is 163. The third-order valence-electron chi connectivity index (χ3n) is 1.84. The number of hydrogen-bond donors (Lipinski definition) is 1. The minimum atomic E-state index is -0.500. The lowest BCUT2D eigenvalue weighted by Gasteiger charge is -2.05. The zero-order chi connectivity index (χ0) is 7.72. The van der Waals surface area contributed by atoms with Crippen LogP contribution < -0.4 is 5.73 Å². The smallest absolute Gasteiger partial charge is 0.228 e. The molecule has 0 spiro atoms. The number of hydrogen-bond acceptors (Lipinski definition) is 2. The van der Waals surface area contributed by atoms with Crippen molar-refractivity contribution < 1.29 is 9.59 Å². The molecule has 0 saturated heterocycles. The molecule has 0 heterocycles. The van der Waals surface area contributed by atoms with Crippen molar-refractivity contribution in [1.29, 1.82) is 0 Å². The molecule has 2 N–H and O–H groups in total. The lowest BCUT2D eigenvalue weighted by Crippen LogP contribution is -2.30. The Morgan fingerprint density at radius 2 is 1.91 bits per heavy atom. The second-order valence-electron chi connectivity index (χ2n) is 2.83. The van der Waals surface area contributed by atoms with Gasteiger partial charge in [-0.3, -0.25) is 9.59 Å². The van der Waals surface area contributed by atoms with E-state index in [-0.39, 0.29) is 24.1 Å². The van der Waals surface area contributed by atoms with Gasteiger partial charge in [0.25, 0.3) is 0 Å². The van der Waals surface area contributed by atoms with Crippen LogP contribution in [-0.4, -0.2) is 11.7 Å². The van der Waals surface area contributed by atoms with Crippen LogP contribution in [-0.2, 0) is 9.59 Å². The van der Waals surface area contributed by atoms with Crippen molar-refractivity contribution >= 4 is 24.1 Å². The molecule has 0 aromatic carbocycles. The lowest BCUT2D eigenvalue weighted by molar-refractivity contribution is -0.131. The molecule has 1 rings (SSSR count). The number of carbonyl (C=O) groups excluding carboxylic acids is 2. The number of nitrogens with two attached hydrogens (primary N) is 1. The van der Waals surface area contributed by atoms with Crippen LogP contribution in [0.15, 0.2) is 0 Å². The summed E-state index contributed by atoms with van der Waals surface area (Å²) in [5.41, 5.74) is 5.02. The summed E-state index contributed by atoms with van der Waals surface area (Å²) < 4.78 is 0. The lowest BCUT2D eigenvalue weighted by atomic mass is 9.99. The van der Waals surface area contributed by atoms with Gasteiger partial charge in [0, 0.05) is 0 Å². The molecule has 1 atom stereocenters. The van der Waals surface area contributed by atoms with E-state index in [1.165, 1.54) is 6.92 Å².